The summed E-state index contributed by atoms with van der Waals surface area (Å²) < 4.78 is 62.2. The number of carbonyl (C=O) groups excluding carboxylic acids is 1. The van der Waals surface area contributed by atoms with Crippen molar-refractivity contribution in [3.63, 3.8) is 0 Å². The average molecular weight is 688 g/mol. The van der Waals surface area contributed by atoms with E-state index in [9.17, 15) is 18.0 Å². The van der Waals surface area contributed by atoms with E-state index in [-0.39, 0.29) is 5.78 Å². The molecule has 4 aromatic rings. The summed E-state index contributed by atoms with van der Waals surface area (Å²) in [6.07, 6.45) is 3.12. The van der Waals surface area contributed by atoms with Gasteiger partial charge in [0, 0.05) is 31.9 Å². The Hall–Kier alpha value is -3.65. The van der Waals surface area contributed by atoms with Gasteiger partial charge in [0.25, 0.3) is 0 Å². The number of quaternary nitrogens is 1. The minimum absolute atomic E-state index is 0.167. The summed E-state index contributed by atoms with van der Waals surface area (Å²) in [5.74, 6) is 0.167. The van der Waals surface area contributed by atoms with E-state index in [1.807, 2.05) is 11.8 Å². The maximum atomic E-state index is 10.7. The molecule has 0 saturated carbocycles. The lowest BCUT2D eigenvalue weighted by molar-refractivity contribution is -0.539. The maximum Gasteiger partial charge on any atom is 0.485 e. The van der Waals surface area contributed by atoms with Gasteiger partial charge in [-0.1, -0.05) is 71.4 Å². The van der Waals surface area contributed by atoms with Crippen LogP contribution >= 0.6 is 11.8 Å². The zero-order valence-electron chi connectivity index (χ0n) is 28.1. The number of hydrogen-bond acceptors (Lipinski definition) is 6. The molecule has 5 rings (SSSR count). The molecule has 0 bridgehead atoms. The summed E-state index contributed by atoms with van der Waals surface area (Å²) in [6, 6.07) is 27.3. The fourth-order valence-electron chi connectivity index (χ4n) is 5.89. The van der Waals surface area contributed by atoms with Crippen LogP contribution in [0.2, 0.25) is 0 Å². The number of halogens is 3. The summed E-state index contributed by atoms with van der Waals surface area (Å²) in [7, 11) is 4.83. The summed E-state index contributed by atoms with van der Waals surface area (Å²) in [6.45, 7) is 7.65. The molecule has 0 amide bonds. The molecule has 7 nitrogen and oxygen atoms in total. The van der Waals surface area contributed by atoms with Gasteiger partial charge in [0.1, 0.15) is 23.9 Å². The Balaban J connectivity index is 0.000000429. The van der Waals surface area contributed by atoms with Gasteiger partial charge in [-0.3, -0.25) is 4.48 Å². The Morgan fingerprint density at radius 2 is 1.23 bits per heavy atom. The number of ketones is 1. The van der Waals surface area contributed by atoms with Crippen molar-refractivity contribution in [2.45, 2.75) is 43.0 Å². The largest absolute Gasteiger partial charge is 0.741 e. The number of carbonyl (C=O) groups is 1. The predicted molar refractivity (Wildman–Crippen MR) is 186 cm³/mol. The number of benzene rings is 3. The Labute approximate surface area is 280 Å². The van der Waals surface area contributed by atoms with Crippen LogP contribution in [0.5, 0.6) is 0 Å². The van der Waals surface area contributed by atoms with Crippen LogP contribution in [0.1, 0.15) is 25.0 Å². The zero-order chi connectivity index (χ0) is 35.5. The molecule has 0 spiro atoms. The molecule has 47 heavy (non-hydrogen) atoms. The van der Waals surface area contributed by atoms with Gasteiger partial charge in [0.05, 0.1) is 21.1 Å². The van der Waals surface area contributed by atoms with E-state index in [2.05, 4.69) is 144 Å². The highest BCUT2D eigenvalue weighted by Gasteiger charge is 2.49. The number of rotatable bonds is 4. The van der Waals surface area contributed by atoms with Gasteiger partial charge in [-0.25, -0.2) is 8.42 Å². The van der Waals surface area contributed by atoms with Crippen molar-refractivity contribution in [1.82, 2.24) is 4.48 Å². The normalized spacial score (nSPS) is 13.6. The second kappa shape index (κ2) is 14.2. The van der Waals surface area contributed by atoms with Gasteiger partial charge in [0.15, 0.2) is 10.1 Å². The van der Waals surface area contributed by atoms with Crippen LogP contribution in [0, 0.1) is 13.8 Å². The number of alkyl halides is 3. The van der Waals surface area contributed by atoms with Gasteiger partial charge in [0.2, 0.25) is 0 Å². The lowest BCUT2D eigenvalue weighted by Gasteiger charge is -2.44. The van der Waals surface area contributed by atoms with Gasteiger partial charge >= 0.3 is 11.8 Å². The van der Waals surface area contributed by atoms with E-state index >= 15 is 0 Å². The number of aryl methyl sites for hydroxylation is 2. The van der Waals surface area contributed by atoms with Gasteiger partial charge in [-0.05, 0) is 49.6 Å². The maximum absolute atomic E-state index is 10.7. The quantitative estimate of drug-likeness (QED) is 0.120. The van der Waals surface area contributed by atoms with Crippen molar-refractivity contribution in [2.75, 3.05) is 40.1 Å². The molecule has 1 aliphatic rings. The first-order valence-electron chi connectivity index (χ1n) is 14.8. The molecule has 0 saturated heterocycles. The number of aromatic nitrogens is 1. The Morgan fingerprint density at radius 1 is 0.851 bits per heavy atom. The smallest absolute Gasteiger partial charge is 0.485 e. The number of hydrogen-bond donors (Lipinski definition) is 0. The molecule has 1 aromatic heterocycles. The fraction of sp³-hybridized carbons (Fsp3) is 0.294. The van der Waals surface area contributed by atoms with Crippen LogP contribution in [0.25, 0.3) is 0 Å². The molecule has 3 aromatic carbocycles. The highest BCUT2D eigenvalue weighted by molar-refractivity contribution is 8.00. The minimum atomic E-state index is -6.09. The van der Waals surface area contributed by atoms with Gasteiger partial charge in [-0.2, -0.15) is 13.2 Å². The van der Waals surface area contributed by atoms with Crippen LogP contribution in [0.15, 0.2) is 95.0 Å². The number of pyridine rings is 1. The molecule has 0 fully saturated rings. The highest BCUT2D eigenvalue weighted by atomic mass is 32.2. The van der Waals surface area contributed by atoms with Crippen molar-refractivity contribution in [3.8, 4) is 0 Å². The molecule has 252 valence electrons. The monoisotopic (exact) mass is 687 g/mol. The van der Waals surface area contributed by atoms with Crippen molar-refractivity contribution in [2.24, 2.45) is 0 Å². The first-order valence-corrected chi connectivity index (χ1v) is 17.0. The van der Waals surface area contributed by atoms with Crippen molar-refractivity contribution >= 4 is 61.7 Å². The van der Waals surface area contributed by atoms with E-state index in [0.29, 0.717) is 0 Å². The van der Waals surface area contributed by atoms with Crippen LogP contribution in [0.3, 0.4) is 0 Å². The van der Waals surface area contributed by atoms with E-state index in [4.69, 9.17) is 13.0 Å². The third-order valence-corrected chi connectivity index (χ3v) is 9.56. The fourth-order valence-corrected chi connectivity index (χ4v) is 7.13. The molecular formula is C34H41BF3N3O4S2. The number of nitrogens with zero attached hydrogens (tertiary/aromatic N) is 3. The molecule has 1 aliphatic heterocycles. The van der Waals surface area contributed by atoms with Gasteiger partial charge in [-0.15, -0.1) is 16.4 Å². The lowest BCUT2D eigenvalue weighted by atomic mass is 9.22. The molecule has 2 heterocycles. The van der Waals surface area contributed by atoms with Crippen LogP contribution in [-0.2, 0) is 14.9 Å². The zero-order valence-corrected chi connectivity index (χ0v) is 29.7. The number of anilines is 1. The second-order valence-corrected chi connectivity index (χ2v) is 15.2. The molecule has 0 unspecified atom stereocenters. The lowest BCUT2D eigenvalue weighted by Crippen LogP contribution is -2.86. The number of Topliss-reactive ketones (excluding diaryl/α,β-unsaturated/α-hetero) is 1. The van der Waals surface area contributed by atoms with Crippen LogP contribution in [-0.4, -0.2) is 65.8 Å². The van der Waals surface area contributed by atoms with E-state index in [1.54, 1.807) is 0 Å². The molecule has 0 aliphatic carbocycles. The summed E-state index contributed by atoms with van der Waals surface area (Å²) in [5, 5.41) is 0. The number of fused-ring (bicyclic) bond motifs is 2. The third-order valence-electron chi connectivity index (χ3n) is 7.81. The average Bonchev–Trinajstić information content (AvgIpc) is 2.95. The SMILES string of the molecule is CC(C)=O.Cc1cc([N+](C)(C)C)cc(C)c1[B-]1([n+]2ccc(N(C)C)cc2)c2ccccc2Sc2ccccc21.O=S(=O)([O-])C(F)(F)F. The van der Waals surface area contributed by atoms with Crippen molar-refractivity contribution in [1.29, 1.82) is 0 Å². The topological polar surface area (TPSA) is 81.4 Å². The van der Waals surface area contributed by atoms with E-state index < -0.39 is 21.9 Å². The highest BCUT2D eigenvalue weighted by Crippen LogP contribution is 2.33. The standard InChI is InChI=1S/C30H35BN3S.C3H6O.CHF3O3S/c1-22-20-25(34(5,6)7)21-23(2)30(22)31(33-18-16-24(17-19-33)32(3)4)26-12-8-10-14-28(26)35-29-15-11-9-13-27(29)31;1-3(2)4;2-1(3,4)8(5,6)7/h8-21H,1-7H3;1-2H3;(H,5,6,7)/q+1;;/p-1. The molecule has 13 heteroatoms. The molecule has 0 radical (unpaired) electrons. The Kier molecular flexibility index (Phi) is 11.4. The van der Waals surface area contributed by atoms with E-state index in [1.165, 1.54) is 62.5 Å². The first-order chi connectivity index (χ1) is 21.6. The molecule has 0 atom stereocenters. The van der Waals surface area contributed by atoms with Crippen LogP contribution in [0.4, 0.5) is 24.5 Å². The second-order valence-electron chi connectivity index (χ2n) is 12.7. The summed E-state index contributed by atoms with van der Waals surface area (Å²) in [5.41, 5.74) is 3.77. The summed E-state index contributed by atoms with van der Waals surface area (Å²) in [4.78, 5) is 14.3. The Bertz CT molecular complexity index is 1790. The summed E-state index contributed by atoms with van der Waals surface area (Å²) >= 11 is 1.89. The Morgan fingerprint density at radius 3 is 1.57 bits per heavy atom. The van der Waals surface area contributed by atoms with Crippen molar-refractivity contribution < 1.29 is 35.4 Å². The third kappa shape index (κ3) is 8.26. The minimum Gasteiger partial charge on any atom is -0.741 e. The first kappa shape index (κ1) is 37.8. The van der Waals surface area contributed by atoms with Crippen LogP contribution < -0.4 is 30.2 Å². The van der Waals surface area contributed by atoms with E-state index in [0.717, 1.165) is 4.48 Å². The predicted octanol–water partition coefficient (Wildman–Crippen LogP) is 4.48. The molecular weight excluding hydrogens is 646 g/mol. The van der Waals surface area contributed by atoms with Gasteiger partial charge < -0.3 is 18.7 Å². The molecule has 0 N–H and O–H groups in total. The van der Waals surface area contributed by atoms with Crippen molar-refractivity contribution in [3.05, 3.63) is 96.3 Å².